The van der Waals surface area contributed by atoms with Crippen LogP contribution in [0.3, 0.4) is 0 Å². The summed E-state index contributed by atoms with van der Waals surface area (Å²) in [5.74, 6) is -0.283. The zero-order chi connectivity index (χ0) is 17.2. The third kappa shape index (κ3) is 3.27. The van der Waals surface area contributed by atoms with E-state index in [0.717, 1.165) is 17.2 Å². The summed E-state index contributed by atoms with van der Waals surface area (Å²) in [5, 5.41) is 0. The molecule has 0 amide bonds. The highest BCUT2D eigenvalue weighted by atomic mass is 19.4. The van der Waals surface area contributed by atoms with Crippen molar-refractivity contribution in [2.45, 2.75) is 12.1 Å². The first kappa shape index (κ1) is 16.1. The number of halogens is 3. The molecule has 0 bridgehead atoms. The maximum atomic E-state index is 13.2. The maximum absolute atomic E-state index is 13.2. The summed E-state index contributed by atoms with van der Waals surface area (Å²) in [6.07, 6.45) is -4.47. The number of hydrogen-bond acceptors (Lipinski definition) is 1. The molecule has 3 aromatic carbocycles. The summed E-state index contributed by atoms with van der Waals surface area (Å²) >= 11 is 0. The Morgan fingerprint density at radius 3 is 1.62 bits per heavy atom. The molecular weight excluding hydrogens is 311 g/mol. The smallest absolute Gasteiger partial charge is 0.398 e. The SMILES string of the molecule is Nc1ccc(C(c2ccccc2)c2ccccc2)cc1C(F)(F)F. The van der Waals surface area contributed by atoms with Crippen molar-refractivity contribution in [1.29, 1.82) is 0 Å². The number of rotatable bonds is 3. The Morgan fingerprint density at radius 1 is 0.667 bits per heavy atom. The molecule has 3 aromatic rings. The molecular formula is C20H16F3N. The van der Waals surface area contributed by atoms with Gasteiger partial charge in [-0.1, -0.05) is 66.7 Å². The van der Waals surface area contributed by atoms with E-state index in [1.807, 2.05) is 60.7 Å². The standard InChI is InChI=1S/C20H16F3N/c21-20(22,23)17-13-16(11-12-18(17)24)19(14-7-3-1-4-8-14)15-9-5-2-6-10-15/h1-13,19H,24H2. The van der Waals surface area contributed by atoms with Crippen molar-refractivity contribution in [2.24, 2.45) is 0 Å². The van der Waals surface area contributed by atoms with Crippen LogP contribution in [-0.2, 0) is 6.18 Å². The molecule has 0 saturated heterocycles. The van der Waals surface area contributed by atoms with Crippen molar-refractivity contribution in [2.75, 3.05) is 5.73 Å². The highest BCUT2D eigenvalue weighted by Gasteiger charge is 2.34. The Bertz CT molecular complexity index is 772. The summed E-state index contributed by atoms with van der Waals surface area (Å²) < 4.78 is 39.7. The fourth-order valence-electron chi connectivity index (χ4n) is 2.87. The van der Waals surface area contributed by atoms with Gasteiger partial charge in [-0.3, -0.25) is 0 Å². The molecule has 0 aliphatic heterocycles. The van der Waals surface area contributed by atoms with E-state index in [-0.39, 0.29) is 11.6 Å². The molecule has 1 nitrogen and oxygen atoms in total. The third-order valence-corrected chi connectivity index (χ3v) is 3.98. The molecule has 24 heavy (non-hydrogen) atoms. The van der Waals surface area contributed by atoms with E-state index in [9.17, 15) is 13.2 Å². The number of nitrogen functional groups attached to an aromatic ring is 1. The zero-order valence-corrected chi connectivity index (χ0v) is 12.8. The van der Waals surface area contributed by atoms with Gasteiger partial charge in [0.25, 0.3) is 0 Å². The first-order chi connectivity index (χ1) is 11.5. The molecule has 0 unspecified atom stereocenters. The van der Waals surface area contributed by atoms with Gasteiger partial charge in [0.1, 0.15) is 0 Å². The predicted molar refractivity (Wildman–Crippen MR) is 89.7 cm³/mol. The van der Waals surface area contributed by atoms with Crippen molar-refractivity contribution in [1.82, 2.24) is 0 Å². The molecule has 122 valence electrons. The van der Waals surface area contributed by atoms with Crippen LogP contribution >= 0.6 is 0 Å². The molecule has 4 heteroatoms. The predicted octanol–water partition coefficient (Wildman–Crippen LogP) is 5.47. The number of hydrogen-bond donors (Lipinski definition) is 1. The van der Waals surface area contributed by atoms with Crippen molar-refractivity contribution >= 4 is 5.69 Å². The minimum atomic E-state index is -4.47. The first-order valence-electron chi connectivity index (χ1n) is 7.53. The van der Waals surface area contributed by atoms with Gasteiger partial charge in [-0.2, -0.15) is 13.2 Å². The lowest BCUT2D eigenvalue weighted by Crippen LogP contribution is -2.11. The highest BCUT2D eigenvalue weighted by Crippen LogP contribution is 2.38. The minimum absolute atomic E-state index is 0.258. The number of alkyl halides is 3. The second kappa shape index (κ2) is 6.40. The van der Waals surface area contributed by atoms with Crippen LogP contribution < -0.4 is 5.73 Å². The van der Waals surface area contributed by atoms with Crippen molar-refractivity contribution < 1.29 is 13.2 Å². The van der Waals surface area contributed by atoms with Gasteiger partial charge in [-0.05, 0) is 28.8 Å². The van der Waals surface area contributed by atoms with E-state index < -0.39 is 11.7 Å². The van der Waals surface area contributed by atoms with Gasteiger partial charge < -0.3 is 5.73 Å². The lowest BCUT2D eigenvalue weighted by molar-refractivity contribution is -0.136. The van der Waals surface area contributed by atoms with E-state index in [0.29, 0.717) is 5.56 Å². The Morgan fingerprint density at radius 2 is 1.17 bits per heavy atom. The third-order valence-electron chi connectivity index (χ3n) is 3.98. The normalized spacial score (nSPS) is 11.7. The van der Waals surface area contributed by atoms with E-state index >= 15 is 0 Å². The van der Waals surface area contributed by atoms with Crippen molar-refractivity contribution in [3.63, 3.8) is 0 Å². The van der Waals surface area contributed by atoms with Gasteiger partial charge >= 0.3 is 6.18 Å². The molecule has 0 aliphatic rings. The van der Waals surface area contributed by atoms with Crippen LogP contribution in [0.2, 0.25) is 0 Å². The number of nitrogens with two attached hydrogens (primary N) is 1. The van der Waals surface area contributed by atoms with Crippen LogP contribution in [0.25, 0.3) is 0 Å². The Hall–Kier alpha value is -2.75. The maximum Gasteiger partial charge on any atom is 0.418 e. The molecule has 0 saturated carbocycles. The van der Waals surface area contributed by atoms with Gasteiger partial charge in [0.2, 0.25) is 0 Å². The summed E-state index contributed by atoms with van der Waals surface area (Å²) in [4.78, 5) is 0. The molecule has 0 heterocycles. The van der Waals surface area contributed by atoms with Gasteiger partial charge in [-0.15, -0.1) is 0 Å². The molecule has 0 aliphatic carbocycles. The fraction of sp³-hybridized carbons (Fsp3) is 0.100. The van der Waals surface area contributed by atoms with Crippen molar-refractivity contribution in [3.05, 3.63) is 101 Å². The Labute approximate surface area is 138 Å². The first-order valence-corrected chi connectivity index (χ1v) is 7.53. The molecule has 3 rings (SSSR count). The largest absolute Gasteiger partial charge is 0.418 e. The van der Waals surface area contributed by atoms with Crippen LogP contribution in [-0.4, -0.2) is 0 Å². The topological polar surface area (TPSA) is 26.0 Å². The summed E-state index contributed by atoms with van der Waals surface area (Å²) in [6, 6.07) is 23.1. The number of benzene rings is 3. The van der Waals surface area contributed by atoms with Crippen LogP contribution in [0.4, 0.5) is 18.9 Å². The molecule has 0 radical (unpaired) electrons. The lowest BCUT2D eigenvalue weighted by atomic mass is 9.84. The van der Waals surface area contributed by atoms with Gasteiger partial charge in [-0.25, -0.2) is 0 Å². The summed E-state index contributed by atoms with van der Waals surface area (Å²) in [7, 11) is 0. The number of anilines is 1. The molecule has 0 fully saturated rings. The molecule has 0 spiro atoms. The monoisotopic (exact) mass is 327 g/mol. The van der Waals surface area contributed by atoms with Gasteiger partial charge in [0.15, 0.2) is 0 Å². The average Bonchev–Trinajstić information content (AvgIpc) is 2.57. The highest BCUT2D eigenvalue weighted by molar-refractivity contribution is 5.54. The van der Waals surface area contributed by atoms with Crippen LogP contribution in [0.5, 0.6) is 0 Å². The Balaban J connectivity index is 2.17. The van der Waals surface area contributed by atoms with Crippen LogP contribution in [0.1, 0.15) is 28.2 Å². The van der Waals surface area contributed by atoms with E-state index in [2.05, 4.69) is 0 Å². The molecule has 0 atom stereocenters. The van der Waals surface area contributed by atoms with E-state index in [4.69, 9.17) is 5.73 Å². The molecule has 0 aromatic heterocycles. The lowest BCUT2D eigenvalue weighted by Gasteiger charge is -2.21. The van der Waals surface area contributed by atoms with Crippen molar-refractivity contribution in [3.8, 4) is 0 Å². The van der Waals surface area contributed by atoms with Crippen LogP contribution in [0, 0.1) is 0 Å². The Kier molecular flexibility index (Phi) is 4.30. The average molecular weight is 327 g/mol. The van der Waals surface area contributed by atoms with E-state index in [1.165, 1.54) is 6.07 Å². The minimum Gasteiger partial charge on any atom is -0.398 e. The van der Waals surface area contributed by atoms with Gasteiger partial charge in [0, 0.05) is 11.6 Å². The second-order valence-corrected chi connectivity index (χ2v) is 5.60. The summed E-state index contributed by atoms with van der Waals surface area (Å²) in [5.41, 5.74) is 6.91. The molecule has 2 N–H and O–H groups in total. The second-order valence-electron chi connectivity index (χ2n) is 5.60. The van der Waals surface area contributed by atoms with Gasteiger partial charge in [0.05, 0.1) is 5.56 Å². The summed E-state index contributed by atoms with van der Waals surface area (Å²) in [6.45, 7) is 0. The fourth-order valence-corrected chi connectivity index (χ4v) is 2.87. The van der Waals surface area contributed by atoms with Crippen LogP contribution in [0.15, 0.2) is 78.9 Å². The quantitative estimate of drug-likeness (QED) is 0.501. The van der Waals surface area contributed by atoms with E-state index in [1.54, 1.807) is 6.07 Å². The zero-order valence-electron chi connectivity index (χ0n) is 12.8.